The van der Waals surface area contributed by atoms with Crippen LogP contribution in [0.1, 0.15) is 0 Å². The van der Waals surface area contributed by atoms with E-state index in [0.29, 0.717) is 0 Å². The second kappa shape index (κ2) is 8.83. The molecule has 0 atom stereocenters. The van der Waals surface area contributed by atoms with Gasteiger partial charge >= 0.3 is 60.5 Å². The van der Waals surface area contributed by atoms with E-state index in [2.05, 4.69) is 0 Å². The normalized spacial score (nSPS) is 3.00. The van der Waals surface area contributed by atoms with Crippen LogP contribution in [0.25, 0.3) is 0 Å². The molecule has 0 aliphatic heterocycles. The standard InChI is InChI=1S/Ba.O2S.2H/c;1-3-2;;. The van der Waals surface area contributed by atoms with Crippen molar-refractivity contribution in [2.24, 2.45) is 0 Å². The molecule has 2 nitrogen and oxygen atoms in total. The molecule has 0 rings (SSSR count). The van der Waals surface area contributed by atoms with E-state index < -0.39 is 11.6 Å². The quantitative estimate of drug-likeness (QED) is 0.445. The van der Waals surface area contributed by atoms with Gasteiger partial charge in [0.1, 0.15) is 0 Å². The summed E-state index contributed by atoms with van der Waals surface area (Å²) in [6.45, 7) is 0. The Kier molecular flexibility index (Phi) is 20.0. The molecule has 22 valence electrons. The molecule has 0 saturated heterocycles. The maximum absolute atomic E-state index is 8.29. The van der Waals surface area contributed by atoms with Crippen molar-refractivity contribution in [1.82, 2.24) is 0 Å². The third-order valence-electron chi connectivity index (χ3n) is 0. The molecule has 0 saturated carbocycles. The van der Waals surface area contributed by atoms with Crippen LogP contribution in [0.5, 0.6) is 0 Å². The van der Waals surface area contributed by atoms with Crippen LogP contribution in [0.3, 0.4) is 0 Å². The molecule has 0 aromatic carbocycles. The van der Waals surface area contributed by atoms with Crippen LogP contribution in [-0.2, 0) is 11.6 Å². The van der Waals surface area contributed by atoms with E-state index in [-0.39, 0.29) is 48.9 Å². The Hall–Kier alpha value is 1.39. The van der Waals surface area contributed by atoms with Crippen molar-refractivity contribution in [2.45, 2.75) is 0 Å². The molecule has 0 radical (unpaired) electrons. The average molecular weight is 203 g/mol. The fourth-order valence-corrected chi connectivity index (χ4v) is 0. The van der Waals surface area contributed by atoms with E-state index in [1.54, 1.807) is 0 Å². The maximum atomic E-state index is 8.29. The monoisotopic (exact) mass is 204 g/mol. The SMILES string of the molecule is O=S=O.[BaH2]. The van der Waals surface area contributed by atoms with E-state index in [1.165, 1.54) is 0 Å². The van der Waals surface area contributed by atoms with Crippen molar-refractivity contribution in [3.63, 3.8) is 0 Å². The second-order valence-corrected chi connectivity index (χ2v) is 0.204. The van der Waals surface area contributed by atoms with E-state index in [1.807, 2.05) is 0 Å². The van der Waals surface area contributed by atoms with Crippen molar-refractivity contribution in [3.05, 3.63) is 0 Å². The fraction of sp³-hybridized carbons (Fsp3) is 0. The minimum absolute atomic E-state index is 0. The molecule has 4 heavy (non-hydrogen) atoms. The molecule has 0 amide bonds. The van der Waals surface area contributed by atoms with E-state index in [4.69, 9.17) is 8.42 Å². The topological polar surface area (TPSA) is 34.1 Å². The summed E-state index contributed by atoms with van der Waals surface area (Å²) in [6, 6.07) is 0. The summed E-state index contributed by atoms with van der Waals surface area (Å²) in [6.07, 6.45) is 0. The molecular formula is H2BaO2S. The van der Waals surface area contributed by atoms with Crippen molar-refractivity contribution in [2.75, 3.05) is 0 Å². The van der Waals surface area contributed by atoms with Crippen molar-refractivity contribution in [1.29, 1.82) is 0 Å². The molecule has 0 aromatic heterocycles. The van der Waals surface area contributed by atoms with Gasteiger partial charge in [-0.2, -0.15) is 8.42 Å². The van der Waals surface area contributed by atoms with E-state index in [0.717, 1.165) is 0 Å². The summed E-state index contributed by atoms with van der Waals surface area (Å²) >= 11 is -0.750. The van der Waals surface area contributed by atoms with E-state index >= 15 is 0 Å². The van der Waals surface area contributed by atoms with E-state index in [9.17, 15) is 0 Å². The van der Waals surface area contributed by atoms with Gasteiger partial charge in [0.2, 0.25) is 0 Å². The van der Waals surface area contributed by atoms with Gasteiger partial charge in [-0.15, -0.1) is 0 Å². The van der Waals surface area contributed by atoms with Crippen LogP contribution in [-0.4, -0.2) is 57.3 Å². The summed E-state index contributed by atoms with van der Waals surface area (Å²) < 4.78 is 16.6. The van der Waals surface area contributed by atoms with Gasteiger partial charge in [0.15, 0.2) is 0 Å². The molecule has 0 N–H and O–H groups in total. The van der Waals surface area contributed by atoms with Crippen molar-refractivity contribution in [3.8, 4) is 0 Å². The predicted octanol–water partition coefficient (Wildman–Crippen LogP) is -1.59. The molecule has 0 fully saturated rings. The molecule has 0 aromatic rings. The van der Waals surface area contributed by atoms with Gasteiger partial charge in [-0.1, -0.05) is 0 Å². The van der Waals surface area contributed by atoms with Gasteiger partial charge in [0.05, 0.1) is 0 Å². The van der Waals surface area contributed by atoms with Crippen LogP contribution < -0.4 is 0 Å². The zero-order chi connectivity index (χ0) is 2.71. The second-order valence-electron chi connectivity index (χ2n) is 0.0680. The molecule has 0 unspecified atom stereocenters. The number of rotatable bonds is 0. The Morgan fingerprint density at radius 2 is 1.25 bits per heavy atom. The summed E-state index contributed by atoms with van der Waals surface area (Å²) in [4.78, 5) is 0. The molecule has 0 aliphatic carbocycles. The first-order valence-electron chi connectivity index (χ1n) is 0.333. The first-order valence-corrected chi connectivity index (χ1v) is 1.00. The minimum atomic E-state index is -0.750. The Bertz CT molecular complexity index is 27.0. The molecule has 0 heterocycles. The Morgan fingerprint density at radius 3 is 1.25 bits per heavy atom. The first kappa shape index (κ1) is 9.04. The molecule has 0 spiro atoms. The van der Waals surface area contributed by atoms with Crippen LogP contribution in [0, 0.1) is 0 Å². The molecule has 0 bridgehead atoms. The first-order chi connectivity index (χ1) is 1.41. The van der Waals surface area contributed by atoms with Gasteiger partial charge < -0.3 is 0 Å². The molecular weight excluding hydrogens is 201 g/mol. The average Bonchev–Trinajstić information content (AvgIpc) is 0.918. The predicted molar refractivity (Wildman–Crippen MR) is 17.5 cm³/mol. The Labute approximate surface area is 67.6 Å². The third kappa shape index (κ3) is 10.0. The molecule has 4 heteroatoms. The van der Waals surface area contributed by atoms with Crippen LogP contribution >= 0.6 is 0 Å². The number of hydrogen-bond donors (Lipinski definition) is 0. The van der Waals surface area contributed by atoms with Crippen molar-refractivity contribution < 1.29 is 8.42 Å². The molecule has 0 aliphatic rings. The Morgan fingerprint density at radius 1 is 1.25 bits per heavy atom. The van der Waals surface area contributed by atoms with Gasteiger partial charge in [-0.05, 0) is 0 Å². The summed E-state index contributed by atoms with van der Waals surface area (Å²) in [5, 5.41) is 0. The van der Waals surface area contributed by atoms with Gasteiger partial charge in [-0.25, -0.2) is 0 Å². The van der Waals surface area contributed by atoms with Gasteiger partial charge in [-0.3, -0.25) is 0 Å². The van der Waals surface area contributed by atoms with Crippen LogP contribution in [0.15, 0.2) is 0 Å². The van der Waals surface area contributed by atoms with Crippen LogP contribution in [0.2, 0.25) is 0 Å². The van der Waals surface area contributed by atoms with Crippen LogP contribution in [0.4, 0.5) is 0 Å². The van der Waals surface area contributed by atoms with Crippen molar-refractivity contribution >= 4 is 60.5 Å². The summed E-state index contributed by atoms with van der Waals surface area (Å²) in [5.41, 5.74) is 0. The number of hydrogen-bond acceptors (Lipinski definition) is 2. The third-order valence-corrected chi connectivity index (χ3v) is 0. The fourth-order valence-electron chi connectivity index (χ4n) is 0. The summed E-state index contributed by atoms with van der Waals surface area (Å²) in [7, 11) is 0. The summed E-state index contributed by atoms with van der Waals surface area (Å²) in [5.74, 6) is 0. The zero-order valence-electron chi connectivity index (χ0n) is 1.22. The van der Waals surface area contributed by atoms with Gasteiger partial charge in [0, 0.05) is 0 Å². The van der Waals surface area contributed by atoms with Gasteiger partial charge in [0.25, 0.3) is 0 Å². The Balaban J connectivity index is 0. The zero-order valence-corrected chi connectivity index (χ0v) is 2.04.